The lowest BCUT2D eigenvalue weighted by Gasteiger charge is -2.10. The molecule has 0 atom stereocenters. The van der Waals surface area contributed by atoms with Crippen LogP contribution in [0.4, 0.5) is 13.2 Å². The van der Waals surface area contributed by atoms with Crippen molar-refractivity contribution in [1.82, 2.24) is 15.0 Å². The van der Waals surface area contributed by atoms with Crippen LogP contribution in [-0.2, 0) is 6.18 Å². The molecular formula is C17H12F3N3O3. The van der Waals surface area contributed by atoms with E-state index >= 15 is 0 Å². The molecular weight excluding hydrogens is 351 g/mol. The molecule has 0 aliphatic rings. The van der Waals surface area contributed by atoms with Crippen molar-refractivity contribution in [2.45, 2.75) is 6.18 Å². The smallest absolute Gasteiger partial charge is 0.416 e. The lowest BCUT2D eigenvalue weighted by molar-refractivity contribution is -0.137. The zero-order valence-corrected chi connectivity index (χ0v) is 13.4. The van der Waals surface area contributed by atoms with Gasteiger partial charge in [-0.2, -0.15) is 13.2 Å². The number of rotatable bonds is 4. The number of aromatic nitrogens is 3. The minimum Gasteiger partial charge on any atom is -0.497 e. The Hall–Kier alpha value is -3.36. The topological polar surface area (TPSA) is 77.2 Å². The molecule has 9 heteroatoms. The van der Waals surface area contributed by atoms with Gasteiger partial charge in [-0.25, -0.2) is 9.48 Å². The van der Waals surface area contributed by atoms with Gasteiger partial charge in [-0.3, -0.25) is 0 Å². The van der Waals surface area contributed by atoms with E-state index in [1.165, 1.54) is 23.9 Å². The average Bonchev–Trinajstić information content (AvgIpc) is 3.06. The Bertz CT molecular complexity index is 950. The number of benzene rings is 2. The van der Waals surface area contributed by atoms with E-state index in [1.807, 2.05) is 0 Å². The van der Waals surface area contributed by atoms with Crippen molar-refractivity contribution in [3.63, 3.8) is 0 Å². The maximum Gasteiger partial charge on any atom is 0.416 e. The summed E-state index contributed by atoms with van der Waals surface area (Å²) < 4.78 is 44.5. The van der Waals surface area contributed by atoms with E-state index in [0.717, 1.165) is 12.1 Å². The first-order chi connectivity index (χ1) is 12.3. The lowest BCUT2D eigenvalue weighted by Crippen LogP contribution is -2.06. The molecule has 0 radical (unpaired) electrons. The number of halogens is 3. The molecule has 0 saturated carbocycles. The van der Waals surface area contributed by atoms with Crippen LogP contribution in [0.5, 0.6) is 5.75 Å². The molecule has 0 aliphatic heterocycles. The van der Waals surface area contributed by atoms with E-state index in [0.29, 0.717) is 11.3 Å². The second-order valence-corrected chi connectivity index (χ2v) is 5.28. The van der Waals surface area contributed by atoms with Crippen molar-refractivity contribution >= 4 is 5.97 Å². The van der Waals surface area contributed by atoms with Gasteiger partial charge in [0.25, 0.3) is 0 Å². The lowest BCUT2D eigenvalue weighted by atomic mass is 10.1. The third kappa shape index (κ3) is 3.23. The zero-order chi connectivity index (χ0) is 18.9. The molecule has 0 bridgehead atoms. The van der Waals surface area contributed by atoms with Gasteiger partial charge in [-0.1, -0.05) is 17.3 Å². The fourth-order valence-corrected chi connectivity index (χ4v) is 2.43. The van der Waals surface area contributed by atoms with E-state index in [9.17, 15) is 23.1 Å². The molecule has 1 N–H and O–H groups in total. The molecule has 3 aromatic rings. The van der Waals surface area contributed by atoms with Gasteiger partial charge in [0, 0.05) is 5.56 Å². The van der Waals surface area contributed by atoms with Crippen LogP contribution in [0.2, 0.25) is 0 Å². The van der Waals surface area contributed by atoms with Crippen molar-refractivity contribution in [1.29, 1.82) is 0 Å². The summed E-state index contributed by atoms with van der Waals surface area (Å²) in [5, 5.41) is 16.8. The Kier molecular flexibility index (Phi) is 4.37. The standard InChI is InChI=1S/C17H12F3N3O3/c1-26-13-4-2-3-10(9-13)15-14(16(24)25)21-22-23(15)12-7-5-11(6-8-12)17(18,19)20/h2-9H,1H3,(H,24,25). The Balaban J connectivity index is 2.15. The number of hydrogen-bond acceptors (Lipinski definition) is 4. The molecule has 134 valence electrons. The quantitative estimate of drug-likeness (QED) is 0.765. The highest BCUT2D eigenvalue weighted by atomic mass is 19.4. The van der Waals surface area contributed by atoms with Gasteiger partial charge < -0.3 is 9.84 Å². The number of aromatic carboxylic acids is 1. The van der Waals surface area contributed by atoms with Crippen LogP contribution in [0.3, 0.4) is 0 Å². The number of carboxylic acid groups (broad SMARTS) is 1. The number of carbonyl (C=O) groups is 1. The molecule has 3 rings (SSSR count). The average molecular weight is 363 g/mol. The molecule has 0 spiro atoms. The highest BCUT2D eigenvalue weighted by molar-refractivity contribution is 5.93. The van der Waals surface area contributed by atoms with Crippen LogP contribution in [0, 0.1) is 0 Å². The molecule has 1 heterocycles. The van der Waals surface area contributed by atoms with Gasteiger partial charge in [-0.05, 0) is 36.4 Å². The number of methoxy groups -OCH3 is 1. The Morgan fingerprint density at radius 2 is 1.85 bits per heavy atom. The maximum atomic E-state index is 12.7. The van der Waals surface area contributed by atoms with Crippen molar-refractivity contribution in [3.8, 4) is 22.7 Å². The van der Waals surface area contributed by atoms with E-state index < -0.39 is 17.7 Å². The summed E-state index contributed by atoms with van der Waals surface area (Å²) in [6.45, 7) is 0. The maximum absolute atomic E-state index is 12.7. The van der Waals surface area contributed by atoms with Crippen LogP contribution in [0.15, 0.2) is 48.5 Å². The molecule has 0 unspecified atom stereocenters. The Morgan fingerprint density at radius 3 is 2.42 bits per heavy atom. The van der Waals surface area contributed by atoms with Crippen molar-refractivity contribution in [3.05, 3.63) is 59.8 Å². The summed E-state index contributed by atoms with van der Waals surface area (Å²) in [6.07, 6.45) is -4.47. The largest absolute Gasteiger partial charge is 0.497 e. The van der Waals surface area contributed by atoms with Gasteiger partial charge in [0.1, 0.15) is 11.4 Å². The van der Waals surface area contributed by atoms with Crippen LogP contribution in [0.1, 0.15) is 16.1 Å². The Morgan fingerprint density at radius 1 is 1.15 bits per heavy atom. The number of ether oxygens (including phenoxy) is 1. The first-order valence-electron chi connectivity index (χ1n) is 7.32. The van der Waals surface area contributed by atoms with Gasteiger partial charge in [0.2, 0.25) is 0 Å². The third-order valence-electron chi connectivity index (χ3n) is 3.66. The van der Waals surface area contributed by atoms with E-state index in [-0.39, 0.29) is 17.1 Å². The van der Waals surface area contributed by atoms with E-state index in [4.69, 9.17) is 4.74 Å². The molecule has 0 aliphatic carbocycles. The minimum absolute atomic E-state index is 0.135. The summed E-state index contributed by atoms with van der Waals surface area (Å²) in [4.78, 5) is 11.5. The van der Waals surface area contributed by atoms with Crippen LogP contribution in [-0.4, -0.2) is 33.2 Å². The molecule has 0 fully saturated rings. The first kappa shape index (κ1) is 17.5. The summed E-state index contributed by atoms with van der Waals surface area (Å²) in [7, 11) is 1.46. The van der Waals surface area contributed by atoms with E-state index in [1.54, 1.807) is 24.3 Å². The fraction of sp³-hybridized carbons (Fsp3) is 0.118. The molecule has 1 aromatic heterocycles. The summed E-state index contributed by atoms with van der Waals surface area (Å²) in [6, 6.07) is 10.7. The van der Waals surface area contributed by atoms with Gasteiger partial charge >= 0.3 is 12.1 Å². The number of nitrogens with zero attached hydrogens (tertiary/aromatic N) is 3. The van der Waals surface area contributed by atoms with Crippen LogP contribution >= 0.6 is 0 Å². The molecule has 0 amide bonds. The van der Waals surface area contributed by atoms with Crippen molar-refractivity contribution in [2.24, 2.45) is 0 Å². The van der Waals surface area contributed by atoms with E-state index in [2.05, 4.69) is 10.3 Å². The van der Waals surface area contributed by atoms with Gasteiger partial charge in [-0.15, -0.1) is 5.10 Å². The summed E-state index contributed by atoms with van der Waals surface area (Å²) >= 11 is 0. The summed E-state index contributed by atoms with van der Waals surface area (Å²) in [5.74, 6) is -0.819. The fourth-order valence-electron chi connectivity index (χ4n) is 2.43. The monoisotopic (exact) mass is 363 g/mol. The third-order valence-corrected chi connectivity index (χ3v) is 3.66. The van der Waals surface area contributed by atoms with Crippen molar-refractivity contribution in [2.75, 3.05) is 7.11 Å². The first-order valence-corrected chi connectivity index (χ1v) is 7.32. The Labute approximate surface area is 145 Å². The second-order valence-electron chi connectivity index (χ2n) is 5.28. The number of hydrogen-bond donors (Lipinski definition) is 1. The molecule has 6 nitrogen and oxygen atoms in total. The normalized spacial score (nSPS) is 11.4. The molecule has 2 aromatic carbocycles. The van der Waals surface area contributed by atoms with Crippen LogP contribution in [0.25, 0.3) is 16.9 Å². The highest BCUT2D eigenvalue weighted by Crippen LogP contribution is 2.31. The van der Waals surface area contributed by atoms with Gasteiger partial charge in [0.05, 0.1) is 18.4 Å². The molecule has 26 heavy (non-hydrogen) atoms. The zero-order valence-electron chi connectivity index (χ0n) is 13.4. The second kappa shape index (κ2) is 6.51. The number of carboxylic acids is 1. The highest BCUT2D eigenvalue weighted by Gasteiger charge is 2.30. The van der Waals surface area contributed by atoms with Crippen molar-refractivity contribution < 1.29 is 27.8 Å². The van der Waals surface area contributed by atoms with Crippen LogP contribution < -0.4 is 4.74 Å². The SMILES string of the molecule is COc1cccc(-c2c(C(=O)O)nnn2-c2ccc(C(F)(F)F)cc2)c1. The predicted octanol–water partition coefficient (Wildman–Crippen LogP) is 3.66. The summed E-state index contributed by atoms with van der Waals surface area (Å²) in [5.41, 5.74) is -0.306. The number of alkyl halides is 3. The predicted molar refractivity (Wildman–Crippen MR) is 85.3 cm³/mol. The minimum atomic E-state index is -4.47. The van der Waals surface area contributed by atoms with Gasteiger partial charge in [0.15, 0.2) is 5.69 Å². The molecule has 0 saturated heterocycles.